The molecule has 0 spiro atoms. The maximum atomic E-state index is 11.9. The molecule has 2 N–H and O–H groups in total. The van der Waals surface area contributed by atoms with E-state index in [0.717, 1.165) is 11.4 Å². The van der Waals surface area contributed by atoms with Gasteiger partial charge in [0.25, 0.3) is 5.91 Å². The SMILES string of the molecule is CNc1cnc(C(=O)Nc2nc(C)cc(C)n2)cn1. The Bertz CT molecular complexity index is 575. The Kier molecular flexibility index (Phi) is 3.65. The quantitative estimate of drug-likeness (QED) is 0.858. The summed E-state index contributed by atoms with van der Waals surface area (Å²) in [5.74, 6) is 0.473. The van der Waals surface area contributed by atoms with Gasteiger partial charge in [-0.2, -0.15) is 0 Å². The highest BCUT2D eigenvalue weighted by molar-refractivity contribution is 6.01. The molecule has 2 aromatic heterocycles. The second-order valence-corrected chi connectivity index (χ2v) is 3.97. The van der Waals surface area contributed by atoms with E-state index in [9.17, 15) is 4.79 Å². The molecule has 2 rings (SSSR count). The zero-order valence-electron chi connectivity index (χ0n) is 10.9. The van der Waals surface area contributed by atoms with Crippen molar-refractivity contribution >= 4 is 17.7 Å². The average Bonchev–Trinajstić information content (AvgIpc) is 2.37. The molecule has 0 unspecified atom stereocenters. The average molecular weight is 258 g/mol. The summed E-state index contributed by atoms with van der Waals surface area (Å²) in [6.45, 7) is 3.68. The molecular formula is C12H14N6O. The summed E-state index contributed by atoms with van der Waals surface area (Å²) in [7, 11) is 1.73. The molecule has 98 valence electrons. The van der Waals surface area contributed by atoms with Crippen molar-refractivity contribution in [3.63, 3.8) is 0 Å². The summed E-state index contributed by atoms with van der Waals surface area (Å²) < 4.78 is 0. The molecule has 0 aliphatic heterocycles. The molecule has 0 bridgehead atoms. The van der Waals surface area contributed by atoms with Crippen LogP contribution in [0.1, 0.15) is 21.9 Å². The highest BCUT2D eigenvalue weighted by Gasteiger charge is 2.10. The molecule has 1 amide bonds. The van der Waals surface area contributed by atoms with Gasteiger partial charge in [-0.3, -0.25) is 10.1 Å². The van der Waals surface area contributed by atoms with Gasteiger partial charge in [-0.1, -0.05) is 0 Å². The van der Waals surface area contributed by atoms with E-state index in [0.29, 0.717) is 5.82 Å². The molecule has 2 heterocycles. The van der Waals surface area contributed by atoms with Crippen LogP contribution < -0.4 is 10.6 Å². The minimum Gasteiger partial charge on any atom is -0.372 e. The number of hydrogen-bond acceptors (Lipinski definition) is 6. The molecular weight excluding hydrogens is 244 g/mol. The van der Waals surface area contributed by atoms with Crippen LogP contribution in [0.3, 0.4) is 0 Å². The van der Waals surface area contributed by atoms with Crippen LogP contribution in [-0.4, -0.2) is 32.9 Å². The highest BCUT2D eigenvalue weighted by atomic mass is 16.2. The Hall–Kier alpha value is -2.57. The molecule has 0 aliphatic rings. The Morgan fingerprint density at radius 2 is 1.79 bits per heavy atom. The molecule has 0 fully saturated rings. The monoisotopic (exact) mass is 258 g/mol. The number of carbonyl (C=O) groups excluding carboxylic acids is 1. The Labute approximate surface area is 110 Å². The lowest BCUT2D eigenvalue weighted by molar-refractivity contribution is 0.102. The fourth-order valence-electron chi connectivity index (χ4n) is 1.52. The third kappa shape index (κ3) is 3.21. The molecule has 0 aromatic carbocycles. The summed E-state index contributed by atoms with van der Waals surface area (Å²) in [4.78, 5) is 28.2. The van der Waals surface area contributed by atoms with Crippen LogP contribution in [0.25, 0.3) is 0 Å². The van der Waals surface area contributed by atoms with Crippen LogP contribution in [0.15, 0.2) is 18.5 Å². The standard InChI is InChI=1S/C12H14N6O/c1-7-4-8(2)17-12(16-7)18-11(19)9-5-15-10(13-3)6-14-9/h4-6H,1-3H3,(H,13,15)(H,16,17,18,19). The van der Waals surface area contributed by atoms with Crippen LogP contribution >= 0.6 is 0 Å². The van der Waals surface area contributed by atoms with Gasteiger partial charge in [0.1, 0.15) is 11.5 Å². The number of aryl methyl sites for hydroxylation is 2. The molecule has 0 atom stereocenters. The van der Waals surface area contributed by atoms with Gasteiger partial charge in [0.15, 0.2) is 0 Å². The highest BCUT2D eigenvalue weighted by Crippen LogP contribution is 2.06. The number of rotatable bonds is 3. The van der Waals surface area contributed by atoms with Crippen LogP contribution in [0, 0.1) is 13.8 Å². The maximum absolute atomic E-state index is 11.9. The van der Waals surface area contributed by atoms with E-state index in [1.165, 1.54) is 12.4 Å². The van der Waals surface area contributed by atoms with Gasteiger partial charge >= 0.3 is 0 Å². The first-order chi connectivity index (χ1) is 9.08. The van der Waals surface area contributed by atoms with Crippen LogP contribution in [-0.2, 0) is 0 Å². The van der Waals surface area contributed by atoms with Crippen molar-refractivity contribution in [1.82, 2.24) is 19.9 Å². The molecule has 19 heavy (non-hydrogen) atoms. The molecule has 0 radical (unpaired) electrons. The van der Waals surface area contributed by atoms with Crippen LogP contribution in [0.5, 0.6) is 0 Å². The number of nitrogens with zero attached hydrogens (tertiary/aromatic N) is 4. The maximum Gasteiger partial charge on any atom is 0.278 e. The largest absolute Gasteiger partial charge is 0.372 e. The minimum atomic E-state index is -0.389. The van der Waals surface area contributed by atoms with E-state index in [1.807, 2.05) is 19.9 Å². The predicted octanol–water partition coefficient (Wildman–Crippen LogP) is 1.18. The summed E-state index contributed by atoms with van der Waals surface area (Å²) in [6.07, 6.45) is 2.88. The van der Waals surface area contributed by atoms with E-state index in [2.05, 4.69) is 30.6 Å². The van der Waals surface area contributed by atoms with Gasteiger partial charge in [0.05, 0.1) is 12.4 Å². The number of carbonyl (C=O) groups is 1. The Balaban J connectivity index is 2.15. The first-order valence-electron chi connectivity index (χ1n) is 5.72. The van der Waals surface area contributed by atoms with E-state index in [1.54, 1.807) is 7.05 Å². The van der Waals surface area contributed by atoms with E-state index in [-0.39, 0.29) is 17.5 Å². The lowest BCUT2D eigenvalue weighted by atomic mass is 10.3. The summed E-state index contributed by atoms with van der Waals surface area (Å²) in [5.41, 5.74) is 1.79. The summed E-state index contributed by atoms with van der Waals surface area (Å²) in [5, 5.41) is 5.42. The Morgan fingerprint density at radius 3 is 2.32 bits per heavy atom. The minimum absolute atomic E-state index is 0.210. The number of aromatic nitrogens is 4. The van der Waals surface area contributed by atoms with Crippen LogP contribution in [0.2, 0.25) is 0 Å². The van der Waals surface area contributed by atoms with Gasteiger partial charge in [-0.15, -0.1) is 0 Å². The molecule has 0 saturated heterocycles. The number of amides is 1. The van der Waals surface area contributed by atoms with Gasteiger partial charge in [0, 0.05) is 18.4 Å². The van der Waals surface area contributed by atoms with Crippen molar-refractivity contribution in [3.8, 4) is 0 Å². The van der Waals surface area contributed by atoms with Crippen molar-refractivity contribution in [2.45, 2.75) is 13.8 Å². The topological polar surface area (TPSA) is 92.7 Å². The van der Waals surface area contributed by atoms with Crippen molar-refractivity contribution < 1.29 is 4.79 Å². The first-order valence-corrected chi connectivity index (χ1v) is 5.72. The van der Waals surface area contributed by atoms with E-state index < -0.39 is 0 Å². The van der Waals surface area contributed by atoms with Gasteiger partial charge in [-0.05, 0) is 19.9 Å². The molecule has 7 heteroatoms. The van der Waals surface area contributed by atoms with Crippen molar-refractivity contribution in [3.05, 3.63) is 35.5 Å². The Morgan fingerprint density at radius 1 is 1.11 bits per heavy atom. The molecule has 0 aliphatic carbocycles. The zero-order valence-corrected chi connectivity index (χ0v) is 10.9. The van der Waals surface area contributed by atoms with Gasteiger partial charge < -0.3 is 5.32 Å². The summed E-state index contributed by atoms with van der Waals surface area (Å²) >= 11 is 0. The predicted molar refractivity (Wildman–Crippen MR) is 71.0 cm³/mol. The number of anilines is 2. The third-order valence-electron chi connectivity index (χ3n) is 2.35. The lowest BCUT2D eigenvalue weighted by Gasteiger charge is -2.05. The second-order valence-electron chi connectivity index (χ2n) is 3.97. The fraction of sp³-hybridized carbons (Fsp3) is 0.250. The van der Waals surface area contributed by atoms with Gasteiger partial charge in [0.2, 0.25) is 5.95 Å². The first kappa shape index (κ1) is 12.9. The summed E-state index contributed by atoms with van der Waals surface area (Å²) in [6, 6.07) is 1.83. The molecule has 2 aromatic rings. The third-order valence-corrected chi connectivity index (χ3v) is 2.35. The number of hydrogen-bond donors (Lipinski definition) is 2. The van der Waals surface area contributed by atoms with Crippen molar-refractivity contribution in [1.29, 1.82) is 0 Å². The van der Waals surface area contributed by atoms with Crippen LogP contribution in [0.4, 0.5) is 11.8 Å². The second kappa shape index (κ2) is 5.38. The van der Waals surface area contributed by atoms with Crippen molar-refractivity contribution in [2.75, 3.05) is 17.7 Å². The fourth-order valence-corrected chi connectivity index (χ4v) is 1.52. The van der Waals surface area contributed by atoms with Gasteiger partial charge in [-0.25, -0.2) is 19.9 Å². The zero-order chi connectivity index (χ0) is 13.8. The number of nitrogens with one attached hydrogen (secondary N) is 2. The smallest absolute Gasteiger partial charge is 0.278 e. The molecule has 0 saturated carbocycles. The van der Waals surface area contributed by atoms with Crippen molar-refractivity contribution in [2.24, 2.45) is 0 Å². The molecule has 7 nitrogen and oxygen atoms in total. The normalized spacial score (nSPS) is 10.1. The van der Waals surface area contributed by atoms with E-state index >= 15 is 0 Å². The van der Waals surface area contributed by atoms with E-state index in [4.69, 9.17) is 0 Å². The lowest BCUT2D eigenvalue weighted by Crippen LogP contribution is -2.16.